The van der Waals surface area contributed by atoms with Crippen LogP contribution < -0.4 is 10.2 Å². The van der Waals surface area contributed by atoms with Gasteiger partial charge in [-0.1, -0.05) is 6.07 Å². The van der Waals surface area contributed by atoms with Crippen molar-refractivity contribution < 1.29 is 13.2 Å². The van der Waals surface area contributed by atoms with Crippen molar-refractivity contribution in [2.24, 2.45) is 0 Å². The molecule has 18 heavy (non-hydrogen) atoms. The Morgan fingerprint density at radius 1 is 1.33 bits per heavy atom. The third kappa shape index (κ3) is 2.93. The molecule has 6 heteroatoms. The molecular weight excluding hydrogens is 243 g/mol. The highest BCUT2D eigenvalue weighted by Gasteiger charge is 2.33. The molecule has 1 aliphatic rings. The maximum absolute atomic E-state index is 12.6. The summed E-state index contributed by atoms with van der Waals surface area (Å²) in [5.41, 5.74) is -0.954. The lowest BCUT2D eigenvalue weighted by Gasteiger charge is -2.39. The van der Waals surface area contributed by atoms with E-state index in [0.717, 1.165) is 12.6 Å². The molecule has 0 atom stereocenters. The van der Waals surface area contributed by atoms with E-state index < -0.39 is 11.9 Å². The smallest absolute Gasteiger partial charge is 0.354 e. The second-order valence-corrected chi connectivity index (χ2v) is 5.11. The zero-order chi connectivity index (χ0) is 13.4. The second-order valence-electron chi connectivity index (χ2n) is 5.11. The molecule has 0 unspecified atom stereocenters. The number of nitrogens with one attached hydrogen (secondary N) is 1. The number of pyridine rings is 1. The molecule has 2 heterocycles. The molecule has 2 rings (SSSR count). The third-order valence-corrected chi connectivity index (χ3v) is 2.92. The average molecular weight is 259 g/mol. The van der Waals surface area contributed by atoms with E-state index in [-0.39, 0.29) is 5.54 Å². The Morgan fingerprint density at radius 3 is 2.67 bits per heavy atom. The fourth-order valence-electron chi connectivity index (χ4n) is 2.09. The number of anilines is 1. The van der Waals surface area contributed by atoms with Crippen LogP contribution in [-0.2, 0) is 6.18 Å². The van der Waals surface area contributed by atoms with E-state index in [4.69, 9.17) is 0 Å². The van der Waals surface area contributed by atoms with Crippen LogP contribution in [0.15, 0.2) is 18.2 Å². The summed E-state index contributed by atoms with van der Waals surface area (Å²) in [4.78, 5) is 5.59. The molecule has 0 saturated carbocycles. The number of rotatable bonds is 1. The lowest BCUT2D eigenvalue weighted by atomic mass is 10.0. The molecule has 1 aromatic heterocycles. The Hall–Kier alpha value is -1.30. The summed E-state index contributed by atoms with van der Waals surface area (Å²) < 4.78 is 37.8. The van der Waals surface area contributed by atoms with Gasteiger partial charge in [0.2, 0.25) is 0 Å². The van der Waals surface area contributed by atoms with Gasteiger partial charge in [0.1, 0.15) is 11.5 Å². The van der Waals surface area contributed by atoms with E-state index in [1.807, 2.05) is 18.7 Å². The molecular formula is C12H16F3N3. The van der Waals surface area contributed by atoms with Gasteiger partial charge in [0, 0.05) is 25.2 Å². The average Bonchev–Trinajstić information content (AvgIpc) is 2.27. The first kappa shape index (κ1) is 13.1. The first-order valence-electron chi connectivity index (χ1n) is 5.82. The van der Waals surface area contributed by atoms with Gasteiger partial charge in [-0.15, -0.1) is 0 Å². The molecule has 100 valence electrons. The van der Waals surface area contributed by atoms with Crippen LogP contribution >= 0.6 is 0 Å². The number of hydrogen-bond acceptors (Lipinski definition) is 3. The minimum absolute atomic E-state index is 0.117. The van der Waals surface area contributed by atoms with Crippen LogP contribution in [-0.4, -0.2) is 30.2 Å². The summed E-state index contributed by atoms with van der Waals surface area (Å²) in [5.74, 6) is 0.388. The number of alkyl halides is 3. The molecule has 0 radical (unpaired) electrons. The molecule has 1 aromatic rings. The van der Waals surface area contributed by atoms with E-state index in [2.05, 4.69) is 10.3 Å². The van der Waals surface area contributed by atoms with Crippen LogP contribution in [0.1, 0.15) is 19.5 Å². The van der Waals surface area contributed by atoms with E-state index in [9.17, 15) is 13.2 Å². The Kier molecular flexibility index (Phi) is 3.23. The van der Waals surface area contributed by atoms with Crippen molar-refractivity contribution in [2.45, 2.75) is 25.6 Å². The van der Waals surface area contributed by atoms with Crippen LogP contribution in [0.2, 0.25) is 0 Å². The number of halogens is 3. The van der Waals surface area contributed by atoms with Gasteiger partial charge in [-0.25, -0.2) is 4.98 Å². The molecule has 1 fully saturated rings. The van der Waals surface area contributed by atoms with E-state index in [1.165, 1.54) is 6.07 Å². The Balaban J connectivity index is 2.23. The Bertz CT molecular complexity index is 429. The molecule has 0 spiro atoms. The molecule has 3 nitrogen and oxygen atoms in total. The second kappa shape index (κ2) is 4.42. The van der Waals surface area contributed by atoms with Crippen molar-refractivity contribution in [1.82, 2.24) is 10.3 Å². The van der Waals surface area contributed by atoms with Gasteiger partial charge in [0.05, 0.1) is 0 Å². The minimum Gasteiger partial charge on any atom is -0.354 e. The predicted octanol–water partition coefficient (Wildman–Crippen LogP) is 2.29. The van der Waals surface area contributed by atoms with Crippen LogP contribution in [0.3, 0.4) is 0 Å². The molecule has 0 aliphatic carbocycles. The zero-order valence-corrected chi connectivity index (χ0v) is 10.4. The standard InChI is InChI=1S/C12H16F3N3/c1-11(2)8-18(7-6-16-11)10-5-3-4-9(17-10)12(13,14)15/h3-5,16H,6-8H2,1-2H3. The highest BCUT2D eigenvalue weighted by molar-refractivity contribution is 5.41. The summed E-state index contributed by atoms with van der Waals surface area (Å²) in [6, 6.07) is 4.02. The Labute approximate surface area is 104 Å². The van der Waals surface area contributed by atoms with Crippen molar-refractivity contribution in [3.63, 3.8) is 0 Å². The van der Waals surface area contributed by atoms with Crippen molar-refractivity contribution >= 4 is 5.82 Å². The minimum atomic E-state index is -4.39. The molecule has 1 aliphatic heterocycles. The Morgan fingerprint density at radius 2 is 2.06 bits per heavy atom. The largest absolute Gasteiger partial charge is 0.433 e. The lowest BCUT2D eigenvalue weighted by Crippen LogP contribution is -2.57. The fraction of sp³-hybridized carbons (Fsp3) is 0.583. The third-order valence-electron chi connectivity index (χ3n) is 2.92. The zero-order valence-electron chi connectivity index (χ0n) is 10.4. The first-order chi connectivity index (χ1) is 8.28. The van der Waals surface area contributed by atoms with Gasteiger partial charge in [-0.2, -0.15) is 13.2 Å². The maximum atomic E-state index is 12.6. The van der Waals surface area contributed by atoms with Gasteiger partial charge in [0.25, 0.3) is 0 Å². The fourth-order valence-corrected chi connectivity index (χ4v) is 2.09. The summed E-state index contributed by atoms with van der Waals surface area (Å²) in [6.07, 6.45) is -4.39. The van der Waals surface area contributed by atoms with E-state index >= 15 is 0 Å². The monoisotopic (exact) mass is 259 g/mol. The SMILES string of the molecule is CC1(C)CN(c2cccc(C(F)(F)F)n2)CCN1. The topological polar surface area (TPSA) is 28.2 Å². The summed E-state index contributed by atoms with van der Waals surface area (Å²) in [7, 11) is 0. The van der Waals surface area contributed by atoms with Gasteiger partial charge in [-0.3, -0.25) is 0 Å². The van der Waals surface area contributed by atoms with E-state index in [0.29, 0.717) is 18.9 Å². The highest BCUT2D eigenvalue weighted by atomic mass is 19.4. The molecule has 0 bridgehead atoms. The summed E-state index contributed by atoms with van der Waals surface area (Å²) in [6.45, 7) is 6.09. The summed E-state index contributed by atoms with van der Waals surface area (Å²) in [5, 5.41) is 3.31. The van der Waals surface area contributed by atoms with Crippen molar-refractivity contribution in [1.29, 1.82) is 0 Å². The van der Waals surface area contributed by atoms with E-state index in [1.54, 1.807) is 6.07 Å². The van der Waals surface area contributed by atoms with Crippen molar-refractivity contribution in [2.75, 3.05) is 24.5 Å². The number of hydrogen-bond donors (Lipinski definition) is 1. The lowest BCUT2D eigenvalue weighted by molar-refractivity contribution is -0.141. The van der Waals surface area contributed by atoms with Gasteiger partial charge in [-0.05, 0) is 26.0 Å². The number of nitrogens with zero attached hydrogens (tertiary/aromatic N) is 2. The first-order valence-corrected chi connectivity index (χ1v) is 5.82. The molecule has 0 aromatic carbocycles. The van der Waals surface area contributed by atoms with Crippen LogP contribution in [0.5, 0.6) is 0 Å². The van der Waals surface area contributed by atoms with Crippen molar-refractivity contribution in [3.8, 4) is 0 Å². The van der Waals surface area contributed by atoms with Crippen molar-refractivity contribution in [3.05, 3.63) is 23.9 Å². The molecule has 1 N–H and O–H groups in total. The van der Waals surface area contributed by atoms with Crippen LogP contribution in [0.25, 0.3) is 0 Å². The van der Waals surface area contributed by atoms with Crippen LogP contribution in [0, 0.1) is 0 Å². The quantitative estimate of drug-likeness (QED) is 0.838. The van der Waals surface area contributed by atoms with Gasteiger partial charge >= 0.3 is 6.18 Å². The molecule has 0 amide bonds. The molecule has 1 saturated heterocycles. The summed E-state index contributed by atoms with van der Waals surface area (Å²) >= 11 is 0. The predicted molar refractivity (Wildman–Crippen MR) is 63.5 cm³/mol. The highest BCUT2D eigenvalue weighted by Crippen LogP contribution is 2.29. The van der Waals surface area contributed by atoms with Gasteiger partial charge < -0.3 is 10.2 Å². The normalized spacial score (nSPS) is 19.9. The van der Waals surface area contributed by atoms with Gasteiger partial charge in [0.15, 0.2) is 0 Å². The number of piperazine rings is 1. The maximum Gasteiger partial charge on any atom is 0.433 e. The van der Waals surface area contributed by atoms with Crippen LogP contribution in [0.4, 0.5) is 19.0 Å². The number of aromatic nitrogens is 1.